The summed E-state index contributed by atoms with van der Waals surface area (Å²) in [5.41, 5.74) is 2.28. The highest BCUT2D eigenvalue weighted by atomic mass is 16.3. The molecule has 110 valence electrons. The van der Waals surface area contributed by atoms with Gasteiger partial charge in [-0.05, 0) is 17.5 Å². The lowest BCUT2D eigenvalue weighted by molar-refractivity contribution is -0.121. The lowest BCUT2D eigenvalue weighted by atomic mass is 9.88. The van der Waals surface area contributed by atoms with Crippen LogP contribution >= 0.6 is 0 Å². The molecule has 21 heavy (non-hydrogen) atoms. The van der Waals surface area contributed by atoms with Gasteiger partial charge in [0.15, 0.2) is 0 Å². The van der Waals surface area contributed by atoms with Gasteiger partial charge in [-0.25, -0.2) is 0 Å². The van der Waals surface area contributed by atoms with Gasteiger partial charge in [0, 0.05) is 25.5 Å². The van der Waals surface area contributed by atoms with Crippen molar-refractivity contribution in [3.8, 4) is 0 Å². The zero-order chi connectivity index (χ0) is 14.9. The molecule has 2 N–H and O–H groups in total. The van der Waals surface area contributed by atoms with Crippen molar-refractivity contribution in [3.63, 3.8) is 0 Å². The molecule has 0 heterocycles. The average molecular weight is 283 g/mol. The summed E-state index contributed by atoms with van der Waals surface area (Å²) in [5, 5.41) is 11.6. The SMILES string of the molecule is O=C(CC(c1ccccc1)c1ccccc1)NCCCO. The van der Waals surface area contributed by atoms with Crippen molar-refractivity contribution in [2.45, 2.75) is 18.8 Å². The van der Waals surface area contributed by atoms with E-state index in [1.807, 2.05) is 36.4 Å². The molecule has 0 radical (unpaired) electrons. The zero-order valence-corrected chi connectivity index (χ0v) is 12.0. The normalized spacial score (nSPS) is 10.6. The van der Waals surface area contributed by atoms with Gasteiger partial charge in [-0.2, -0.15) is 0 Å². The van der Waals surface area contributed by atoms with Crippen molar-refractivity contribution in [2.75, 3.05) is 13.2 Å². The van der Waals surface area contributed by atoms with Crippen LogP contribution in [-0.2, 0) is 4.79 Å². The fraction of sp³-hybridized carbons (Fsp3) is 0.278. The van der Waals surface area contributed by atoms with Crippen LogP contribution in [0.25, 0.3) is 0 Å². The fourth-order valence-corrected chi connectivity index (χ4v) is 2.36. The Morgan fingerprint density at radius 2 is 1.48 bits per heavy atom. The number of carbonyl (C=O) groups excluding carboxylic acids is 1. The molecule has 0 aliphatic rings. The molecule has 3 nitrogen and oxygen atoms in total. The number of carbonyl (C=O) groups is 1. The molecule has 0 atom stereocenters. The largest absolute Gasteiger partial charge is 0.396 e. The molecule has 3 heteroatoms. The van der Waals surface area contributed by atoms with Crippen molar-refractivity contribution in [3.05, 3.63) is 71.8 Å². The van der Waals surface area contributed by atoms with E-state index in [2.05, 4.69) is 29.6 Å². The second kappa shape index (κ2) is 8.22. The van der Waals surface area contributed by atoms with Crippen LogP contribution in [-0.4, -0.2) is 24.2 Å². The topological polar surface area (TPSA) is 49.3 Å². The Morgan fingerprint density at radius 3 is 1.95 bits per heavy atom. The molecule has 0 bridgehead atoms. The minimum absolute atomic E-state index is 0.0150. The summed E-state index contributed by atoms with van der Waals surface area (Å²) >= 11 is 0. The number of amides is 1. The van der Waals surface area contributed by atoms with Crippen LogP contribution in [0.15, 0.2) is 60.7 Å². The van der Waals surface area contributed by atoms with E-state index in [1.165, 1.54) is 0 Å². The monoisotopic (exact) mass is 283 g/mol. The van der Waals surface area contributed by atoms with E-state index in [4.69, 9.17) is 5.11 Å². The Hall–Kier alpha value is -2.13. The van der Waals surface area contributed by atoms with E-state index in [-0.39, 0.29) is 18.4 Å². The Bertz CT molecular complexity index is 500. The van der Waals surface area contributed by atoms with Gasteiger partial charge >= 0.3 is 0 Å². The number of hydrogen-bond acceptors (Lipinski definition) is 2. The first-order valence-corrected chi connectivity index (χ1v) is 7.28. The molecule has 0 aliphatic heterocycles. The first-order valence-electron chi connectivity index (χ1n) is 7.28. The summed E-state index contributed by atoms with van der Waals surface area (Å²) in [4.78, 5) is 12.1. The van der Waals surface area contributed by atoms with E-state index in [0.29, 0.717) is 19.4 Å². The molecule has 0 unspecified atom stereocenters. The van der Waals surface area contributed by atoms with Crippen molar-refractivity contribution < 1.29 is 9.90 Å². The second-order valence-corrected chi connectivity index (χ2v) is 5.01. The fourth-order valence-electron chi connectivity index (χ4n) is 2.36. The van der Waals surface area contributed by atoms with Gasteiger partial charge in [-0.1, -0.05) is 60.7 Å². The predicted molar refractivity (Wildman–Crippen MR) is 84.1 cm³/mol. The molecule has 0 aromatic heterocycles. The van der Waals surface area contributed by atoms with E-state index < -0.39 is 0 Å². The van der Waals surface area contributed by atoms with Crippen molar-refractivity contribution in [2.24, 2.45) is 0 Å². The van der Waals surface area contributed by atoms with Crippen LogP contribution in [0.2, 0.25) is 0 Å². The van der Waals surface area contributed by atoms with Crippen molar-refractivity contribution in [1.29, 1.82) is 0 Å². The Kier molecular flexibility index (Phi) is 5.98. The minimum Gasteiger partial charge on any atom is -0.396 e. The molecule has 1 amide bonds. The summed E-state index contributed by atoms with van der Waals surface area (Å²) in [6, 6.07) is 20.2. The predicted octanol–water partition coefficient (Wildman–Crippen LogP) is 2.71. The Morgan fingerprint density at radius 1 is 0.952 bits per heavy atom. The maximum absolute atomic E-state index is 12.1. The molecule has 0 saturated heterocycles. The van der Waals surface area contributed by atoms with Gasteiger partial charge in [-0.3, -0.25) is 4.79 Å². The Balaban J connectivity index is 2.12. The standard InChI is InChI=1S/C18H21NO2/c20-13-7-12-19-18(21)14-17(15-8-3-1-4-9-15)16-10-5-2-6-11-16/h1-6,8-11,17,20H,7,12-14H2,(H,19,21). The summed E-state index contributed by atoms with van der Waals surface area (Å²) in [5.74, 6) is 0.0719. The molecule has 0 aliphatic carbocycles. The van der Waals surface area contributed by atoms with Gasteiger partial charge in [0.2, 0.25) is 5.91 Å². The number of hydrogen-bond donors (Lipinski definition) is 2. The highest BCUT2D eigenvalue weighted by Crippen LogP contribution is 2.27. The van der Waals surface area contributed by atoms with Crippen LogP contribution < -0.4 is 5.32 Å². The smallest absolute Gasteiger partial charge is 0.220 e. The Labute approximate surface area is 125 Å². The van der Waals surface area contributed by atoms with Gasteiger partial charge in [0.1, 0.15) is 0 Å². The number of aliphatic hydroxyl groups is 1. The number of nitrogens with one attached hydrogen (secondary N) is 1. The van der Waals surface area contributed by atoms with Gasteiger partial charge in [0.05, 0.1) is 0 Å². The van der Waals surface area contributed by atoms with E-state index in [9.17, 15) is 4.79 Å². The highest BCUT2D eigenvalue weighted by Gasteiger charge is 2.17. The van der Waals surface area contributed by atoms with Crippen LogP contribution in [0, 0.1) is 0 Å². The van der Waals surface area contributed by atoms with Gasteiger partial charge < -0.3 is 10.4 Å². The lowest BCUT2D eigenvalue weighted by Crippen LogP contribution is -2.26. The van der Waals surface area contributed by atoms with Crippen molar-refractivity contribution in [1.82, 2.24) is 5.32 Å². The van der Waals surface area contributed by atoms with E-state index in [1.54, 1.807) is 0 Å². The molecule has 2 aromatic carbocycles. The van der Waals surface area contributed by atoms with Crippen LogP contribution in [0.1, 0.15) is 29.9 Å². The lowest BCUT2D eigenvalue weighted by Gasteiger charge is -2.17. The molecular weight excluding hydrogens is 262 g/mol. The summed E-state index contributed by atoms with van der Waals surface area (Å²) in [6.07, 6.45) is 1.01. The second-order valence-electron chi connectivity index (χ2n) is 5.01. The van der Waals surface area contributed by atoms with Crippen LogP contribution in [0.3, 0.4) is 0 Å². The highest BCUT2D eigenvalue weighted by molar-refractivity contribution is 5.77. The summed E-state index contributed by atoms with van der Waals surface area (Å²) in [6.45, 7) is 0.618. The van der Waals surface area contributed by atoms with Crippen LogP contribution in [0.5, 0.6) is 0 Å². The van der Waals surface area contributed by atoms with E-state index >= 15 is 0 Å². The quantitative estimate of drug-likeness (QED) is 0.768. The number of benzene rings is 2. The van der Waals surface area contributed by atoms with E-state index in [0.717, 1.165) is 11.1 Å². The number of aliphatic hydroxyl groups excluding tert-OH is 1. The first-order chi connectivity index (χ1) is 10.3. The summed E-state index contributed by atoms with van der Waals surface area (Å²) in [7, 11) is 0. The van der Waals surface area contributed by atoms with Crippen molar-refractivity contribution >= 4 is 5.91 Å². The third kappa shape index (κ3) is 4.72. The maximum Gasteiger partial charge on any atom is 0.220 e. The molecule has 2 rings (SSSR count). The van der Waals surface area contributed by atoms with Gasteiger partial charge in [-0.15, -0.1) is 0 Å². The summed E-state index contributed by atoms with van der Waals surface area (Å²) < 4.78 is 0. The molecular formula is C18H21NO2. The third-order valence-electron chi connectivity index (χ3n) is 3.45. The zero-order valence-electron chi connectivity index (χ0n) is 12.0. The molecule has 0 spiro atoms. The molecule has 0 fully saturated rings. The minimum atomic E-state index is 0.0150. The maximum atomic E-state index is 12.1. The molecule has 2 aromatic rings. The molecule has 0 saturated carbocycles. The van der Waals surface area contributed by atoms with Gasteiger partial charge in [0.25, 0.3) is 0 Å². The average Bonchev–Trinajstić information content (AvgIpc) is 2.54. The first kappa shape index (κ1) is 15.3. The third-order valence-corrected chi connectivity index (χ3v) is 3.45. The number of rotatable bonds is 7. The van der Waals surface area contributed by atoms with Crippen LogP contribution in [0.4, 0.5) is 0 Å².